The number of nitrogens with two attached hydrogens (primary N) is 1. The van der Waals surface area contributed by atoms with Crippen LogP contribution in [0.3, 0.4) is 0 Å². The lowest BCUT2D eigenvalue weighted by Crippen LogP contribution is -2.33. The minimum Gasteiger partial charge on any atom is -0.380 e. The Balaban J connectivity index is 2.23. The van der Waals surface area contributed by atoms with Crippen LogP contribution < -0.4 is 5.73 Å². The van der Waals surface area contributed by atoms with Gasteiger partial charge in [0.2, 0.25) is 0 Å². The molecule has 1 saturated heterocycles. The fourth-order valence-corrected chi connectivity index (χ4v) is 2.49. The molecule has 0 aliphatic carbocycles. The first kappa shape index (κ1) is 14.3. The van der Waals surface area contributed by atoms with E-state index in [0.29, 0.717) is 12.1 Å². The Hall–Kier alpha value is -1.11. The van der Waals surface area contributed by atoms with Crippen molar-refractivity contribution in [1.29, 1.82) is 0 Å². The molecule has 106 valence electrons. The molecule has 0 amide bonds. The van der Waals surface area contributed by atoms with Crippen molar-refractivity contribution in [2.45, 2.75) is 18.6 Å². The van der Waals surface area contributed by atoms with Gasteiger partial charge in [-0.3, -0.25) is 4.90 Å². The molecule has 1 heterocycles. The maximum absolute atomic E-state index is 13.3. The average molecular weight is 274 g/mol. The van der Waals surface area contributed by atoms with Gasteiger partial charge in [-0.05, 0) is 24.1 Å². The fraction of sp³-hybridized carbons (Fsp3) is 0.538. The number of hydrogen-bond acceptors (Lipinski definition) is 3. The Morgan fingerprint density at radius 3 is 2.47 bits per heavy atom. The zero-order valence-electron chi connectivity index (χ0n) is 10.7. The molecule has 6 heteroatoms. The normalized spacial score (nSPS) is 21.8. The molecule has 1 fully saturated rings. The maximum Gasteiger partial charge on any atom is 0.194 e. The number of nitrogens with zero attached hydrogens (tertiary/aromatic N) is 1. The summed E-state index contributed by atoms with van der Waals surface area (Å²) in [6, 6.07) is 1.69. The monoisotopic (exact) mass is 274 g/mol. The number of benzene rings is 1. The topological polar surface area (TPSA) is 38.5 Å². The highest BCUT2D eigenvalue weighted by Crippen LogP contribution is 2.27. The summed E-state index contributed by atoms with van der Waals surface area (Å²) in [6.07, 6.45) is 0.947. The number of hydrogen-bond donors (Lipinski definition) is 1. The van der Waals surface area contributed by atoms with E-state index in [9.17, 15) is 13.2 Å². The lowest BCUT2D eigenvalue weighted by molar-refractivity contribution is 0.101. The quantitative estimate of drug-likeness (QED) is 0.851. The summed E-state index contributed by atoms with van der Waals surface area (Å²) in [5.74, 6) is -3.82. The van der Waals surface area contributed by atoms with Gasteiger partial charge in [-0.1, -0.05) is 0 Å². The van der Waals surface area contributed by atoms with Gasteiger partial charge < -0.3 is 10.5 Å². The van der Waals surface area contributed by atoms with Gasteiger partial charge in [0.25, 0.3) is 0 Å². The van der Waals surface area contributed by atoms with Crippen molar-refractivity contribution in [3.05, 3.63) is 35.1 Å². The first-order valence-electron chi connectivity index (χ1n) is 6.18. The second-order valence-corrected chi connectivity index (χ2v) is 4.69. The summed E-state index contributed by atoms with van der Waals surface area (Å²) in [7, 11) is 1.63. The molecule has 3 nitrogen and oxygen atoms in total. The SMILES string of the molecule is COC1CCN(C(CN)c2cc(F)c(F)c(F)c2)C1. The number of halogens is 3. The lowest BCUT2D eigenvalue weighted by Gasteiger charge is -2.27. The molecule has 1 aliphatic heterocycles. The van der Waals surface area contributed by atoms with E-state index < -0.39 is 17.5 Å². The van der Waals surface area contributed by atoms with Gasteiger partial charge in [-0.15, -0.1) is 0 Å². The average Bonchev–Trinajstić information content (AvgIpc) is 2.85. The van der Waals surface area contributed by atoms with E-state index in [-0.39, 0.29) is 18.7 Å². The molecule has 1 aromatic rings. The highest BCUT2D eigenvalue weighted by Gasteiger charge is 2.29. The standard InChI is InChI=1S/C13H17F3N2O/c1-19-9-2-3-18(7-9)12(6-17)8-4-10(14)13(16)11(15)5-8/h4-5,9,12H,2-3,6-7,17H2,1H3. The second-order valence-electron chi connectivity index (χ2n) is 4.69. The van der Waals surface area contributed by atoms with Crippen molar-refractivity contribution < 1.29 is 17.9 Å². The lowest BCUT2D eigenvalue weighted by atomic mass is 10.0. The van der Waals surface area contributed by atoms with Crippen LogP contribution in [0.25, 0.3) is 0 Å². The van der Waals surface area contributed by atoms with Crippen molar-refractivity contribution in [3.8, 4) is 0 Å². The van der Waals surface area contributed by atoms with Gasteiger partial charge in [0.05, 0.1) is 6.10 Å². The predicted molar refractivity (Wildman–Crippen MR) is 65.1 cm³/mol. The van der Waals surface area contributed by atoms with E-state index >= 15 is 0 Å². The highest BCUT2D eigenvalue weighted by molar-refractivity contribution is 5.23. The summed E-state index contributed by atoms with van der Waals surface area (Å²) in [4.78, 5) is 2.00. The van der Waals surface area contributed by atoms with Crippen LogP contribution in [0.1, 0.15) is 18.0 Å². The Morgan fingerprint density at radius 2 is 2.00 bits per heavy atom. The Kier molecular flexibility index (Phi) is 4.44. The van der Waals surface area contributed by atoms with Gasteiger partial charge in [0.15, 0.2) is 17.5 Å². The number of rotatable bonds is 4. The van der Waals surface area contributed by atoms with Gasteiger partial charge in [-0.2, -0.15) is 0 Å². The molecule has 1 aliphatic rings. The highest BCUT2D eigenvalue weighted by atomic mass is 19.2. The van der Waals surface area contributed by atoms with E-state index in [1.54, 1.807) is 7.11 Å². The third-order valence-electron chi connectivity index (χ3n) is 3.56. The first-order valence-corrected chi connectivity index (χ1v) is 6.18. The third kappa shape index (κ3) is 2.91. The number of likely N-dealkylation sites (tertiary alicyclic amines) is 1. The molecule has 2 N–H and O–H groups in total. The van der Waals surface area contributed by atoms with Gasteiger partial charge in [0, 0.05) is 32.8 Å². The summed E-state index contributed by atoms with van der Waals surface area (Å²) in [6.45, 7) is 1.60. The summed E-state index contributed by atoms with van der Waals surface area (Å²) in [5, 5.41) is 0. The Labute approximate surface area is 110 Å². The summed E-state index contributed by atoms with van der Waals surface area (Å²) < 4.78 is 44.7. The number of methoxy groups -OCH3 is 1. The fourth-order valence-electron chi connectivity index (χ4n) is 2.49. The Bertz CT molecular complexity index is 433. The molecular weight excluding hydrogens is 257 g/mol. The van der Waals surface area contributed by atoms with Crippen LogP contribution in [0.15, 0.2) is 12.1 Å². The third-order valence-corrected chi connectivity index (χ3v) is 3.56. The Morgan fingerprint density at radius 1 is 1.37 bits per heavy atom. The van der Waals surface area contributed by atoms with Gasteiger partial charge in [-0.25, -0.2) is 13.2 Å². The van der Waals surface area contributed by atoms with Crippen LogP contribution in [-0.2, 0) is 4.74 Å². The molecule has 0 aromatic heterocycles. The molecule has 2 unspecified atom stereocenters. The summed E-state index contributed by atoms with van der Waals surface area (Å²) >= 11 is 0. The van der Waals surface area contributed by atoms with E-state index in [0.717, 1.165) is 25.1 Å². The van der Waals surface area contributed by atoms with Gasteiger partial charge in [0.1, 0.15) is 0 Å². The molecule has 1 aromatic carbocycles. The van der Waals surface area contributed by atoms with E-state index in [1.807, 2.05) is 4.90 Å². The van der Waals surface area contributed by atoms with Crippen LogP contribution >= 0.6 is 0 Å². The largest absolute Gasteiger partial charge is 0.380 e. The molecule has 0 saturated carbocycles. The molecule has 2 rings (SSSR count). The smallest absolute Gasteiger partial charge is 0.194 e. The predicted octanol–water partition coefficient (Wildman–Crippen LogP) is 1.82. The number of ether oxygens (including phenoxy) is 1. The second kappa shape index (κ2) is 5.90. The van der Waals surface area contributed by atoms with Crippen molar-refractivity contribution in [2.75, 3.05) is 26.7 Å². The zero-order valence-corrected chi connectivity index (χ0v) is 10.7. The van der Waals surface area contributed by atoms with E-state index in [2.05, 4.69) is 0 Å². The van der Waals surface area contributed by atoms with Crippen LogP contribution in [0, 0.1) is 17.5 Å². The molecule has 0 bridgehead atoms. The van der Waals surface area contributed by atoms with Gasteiger partial charge >= 0.3 is 0 Å². The molecule has 2 atom stereocenters. The van der Waals surface area contributed by atoms with Crippen LogP contribution in [-0.4, -0.2) is 37.7 Å². The molecule has 19 heavy (non-hydrogen) atoms. The van der Waals surface area contributed by atoms with Crippen molar-refractivity contribution in [3.63, 3.8) is 0 Å². The van der Waals surface area contributed by atoms with E-state index in [4.69, 9.17) is 10.5 Å². The molecular formula is C13H17F3N2O. The van der Waals surface area contributed by atoms with E-state index in [1.165, 1.54) is 0 Å². The first-order chi connectivity index (χ1) is 9.06. The van der Waals surface area contributed by atoms with Crippen LogP contribution in [0.4, 0.5) is 13.2 Å². The van der Waals surface area contributed by atoms with Crippen LogP contribution in [0.2, 0.25) is 0 Å². The molecule has 0 spiro atoms. The van der Waals surface area contributed by atoms with Crippen molar-refractivity contribution in [1.82, 2.24) is 4.90 Å². The van der Waals surface area contributed by atoms with Crippen molar-refractivity contribution >= 4 is 0 Å². The maximum atomic E-state index is 13.3. The van der Waals surface area contributed by atoms with Crippen LogP contribution in [0.5, 0.6) is 0 Å². The zero-order chi connectivity index (χ0) is 14.0. The summed E-state index contributed by atoms with van der Waals surface area (Å²) in [5.41, 5.74) is 6.05. The molecule has 0 radical (unpaired) electrons. The minimum absolute atomic E-state index is 0.101. The van der Waals surface area contributed by atoms with Crippen molar-refractivity contribution in [2.24, 2.45) is 5.73 Å². The minimum atomic E-state index is -1.45.